The fraction of sp³-hybridized carbons (Fsp3) is 0.450. The van der Waals surface area contributed by atoms with Gasteiger partial charge in [0.05, 0.1) is 68.8 Å². The third-order valence-corrected chi connectivity index (χ3v) is 10.2. The molecule has 286 valence electrons. The van der Waals surface area contributed by atoms with E-state index in [4.69, 9.17) is 33.4 Å². The predicted molar refractivity (Wildman–Crippen MR) is 201 cm³/mol. The molecule has 3 aliphatic heterocycles. The van der Waals surface area contributed by atoms with Gasteiger partial charge in [-0.1, -0.05) is 6.07 Å². The van der Waals surface area contributed by atoms with Gasteiger partial charge < -0.3 is 33.3 Å². The van der Waals surface area contributed by atoms with Crippen molar-refractivity contribution in [3.8, 4) is 17.2 Å². The normalized spacial score (nSPS) is 17.6. The van der Waals surface area contributed by atoms with Crippen LogP contribution in [0.3, 0.4) is 0 Å². The Labute approximate surface area is 314 Å². The SMILES string of the molecule is COCC1CN(c2ccc3c(=O)n(CCN4C(=O)c5ccc(OCCN6CCOCC6)cc5C4=O)c(CCc4ccc(OC)c(OC)c4)nc3c2)CCO1. The van der Waals surface area contributed by atoms with Crippen LogP contribution in [-0.4, -0.2) is 131 Å². The second-order valence-electron chi connectivity index (χ2n) is 13.5. The maximum absolute atomic E-state index is 14.2. The molecule has 7 rings (SSSR count). The molecule has 0 bridgehead atoms. The highest BCUT2D eigenvalue weighted by molar-refractivity contribution is 6.21. The number of hydrogen-bond acceptors (Lipinski definition) is 12. The lowest BCUT2D eigenvalue weighted by molar-refractivity contribution is -0.0100. The van der Waals surface area contributed by atoms with Crippen molar-refractivity contribution >= 4 is 28.4 Å². The zero-order valence-electron chi connectivity index (χ0n) is 31.1. The van der Waals surface area contributed by atoms with Crippen LogP contribution in [0, 0.1) is 0 Å². The number of methoxy groups -OCH3 is 3. The number of hydrogen-bond donors (Lipinski definition) is 0. The second kappa shape index (κ2) is 17.0. The summed E-state index contributed by atoms with van der Waals surface area (Å²) in [6.07, 6.45) is 0.923. The minimum atomic E-state index is -0.413. The number of morpholine rings is 2. The van der Waals surface area contributed by atoms with E-state index in [0.29, 0.717) is 104 Å². The Morgan fingerprint density at radius 1 is 0.796 bits per heavy atom. The first-order valence-corrected chi connectivity index (χ1v) is 18.4. The molecule has 2 amide bonds. The molecule has 14 heteroatoms. The van der Waals surface area contributed by atoms with Crippen molar-refractivity contribution in [3.63, 3.8) is 0 Å². The smallest absolute Gasteiger partial charge is 0.261 e. The van der Waals surface area contributed by atoms with Gasteiger partial charge in [0.1, 0.15) is 18.2 Å². The summed E-state index contributed by atoms with van der Waals surface area (Å²) in [4.78, 5) is 52.1. The lowest BCUT2D eigenvalue weighted by Gasteiger charge is -2.34. The highest BCUT2D eigenvalue weighted by Gasteiger charge is 2.36. The Kier molecular flexibility index (Phi) is 11.7. The van der Waals surface area contributed by atoms with E-state index in [1.54, 1.807) is 50.2 Å². The molecule has 4 heterocycles. The molecule has 2 fully saturated rings. The number of carbonyl (C=O) groups excluding carboxylic acids is 2. The first-order chi connectivity index (χ1) is 26.4. The summed E-state index contributed by atoms with van der Waals surface area (Å²) >= 11 is 0. The predicted octanol–water partition coefficient (Wildman–Crippen LogP) is 3.06. The van der Waals surface area contributed by atoms with E-state index in [2.05, 4.69) is 9.80 Å². The second-order valence-corrected chi connectivity index (χ2v) is 13.5. The molecule has 1 aromatic heterocycles. The van der Waals surface area contributed by atoms with E-state index in [1.807, 2.05) is 30.3 Å². The van der Waals surface area contributed by atoms with Crippen molar-refractivity contribution in [2.24, 2.45) is 0 Å². The number of amides is 2. The Morgan fingerprint density at radius 3 is 2.41 bits per heavy atom. The van der Waals surface area contributed by atoms with Gasteiger partial charge in [-0.15, -0.1) is 0 Å². The van der Waals surface area contributed by atoms with Crippen LogP contribution in [0.15, 0.2) is 59.4 Å². The van der Waals surface area contributed by atoms with Gasteiger partial charge in [-0.25, -0.2) is 4.98 Å². The van der Waals surface area contributed by atoms with Crippen LogP contribution in [0.25, 0.3) is 10.9 Å². The average Bonchev–Trinajstić information content (AvgIpc) is 3.44. The summed E-state index contributed by atoms with van der Waals surface area (Å²) in [7, 11) is 4.84. The molecular formula is C40H47N5O9. The van der Waals surface area contributed by atoms with Gasteiger partial charge in [0.15, 0.2) is 11.5 Å². The van der Waals surface area contributed by atoms with E-state index < -0.39 is 11.8 Å². The lowest BCUT2D eigenvalue weighted by Crippen LogP contribution is -2.44. The van der Waals surface area contributed by atoms with Gasteiger partial charge in [0, 0.05) is 65.0 Å². The van der Waals surface area contributed by atoms with Gasteiger partial charge in [0.2, 0.25) is 0 Å². The summed E-state index contributed by atoms with van der Waals surface area (Å²) in [6.45, 7) is 6.83. The molecule has 14 nitrogen and oxygen atoms in total. The molecule has 1 unspecified atom stereocenters. The number of rotatable bonds is 15. The minimum absolute atomic E-state index is 0.00275. The largest absolute Gasteiger partial charge is 0.493 e. The third-order valence-electron chi connectivity index (χ3n) is 10.2. The number of ether oxygens (including phenoxy) is 6. The molecule has 0 spiro atoms. The van der Waals surface area contributed by atoms with Gasteiger partial charge in [-0.3, -0.25) is 28.8 Å². The topological polar surface area (TPSA) is 134 Å². The fourth-order valence-corrected chi connectivity index (χ4v) is 7.29. The summed E-state index contributed by atoms with van der Waals surface area (Å²) in [5, 5.41) is 0.455. The summed E-state index contributed by atoms with van der Waals surface area (Å²) in [5.74, 6) is 1.50. The van der Waals surface area contributed by atoms with Gasteiger partial charge in [0.25, 0.3) is 17.4 Å². The summed E-state index contributed by atoms with van der Waals surface area (Å²) < 4.78 is 35.1. The number of aryl methyl sites for hydroxylation is 2. The molecule has 3 aliphatic rings. The third kappa shape index (κ3) is 8.06. The van der Waals surface area contributed by atoms with E-state index in [1.165, 1.54) is 4.90 Å². The van der Waals surface area contributed by atoms with Crippen LogP contribution >= 0.6 is 0 Å². The molecule has 3 aromatic carbocycles. The number of nitrogens with zero attached hydrogens (tertiary/aromatic N) is 5. The van der Waals surface area contributed by atoms with Gasteiger partial charge >= 0.3 is 0 Å². The number of anilines is 1. The van der Waals surface area contributed by atoms with E-state index in [9.17, 15) is 14.4 Å². The van der Waals surface area contributed by atoms with E-state index in [-0.39, 0.29) is 24.8 Å². The number of imide groups is 1. The maximum Gasteiger partial charge on any atom is 0.261 e. The summed E-state index contributed by atoms with van der Waals surface area (Å²) in [5.41, 5.74) is 2.88. The number of fused-ring (bicyclic) bond motifs is 2. The zero-order chi connectivity index (χ0) is 37.6. The first kappa shape index (κ1) is 37.3. The molecule has 2 saturated heterocycles. The van der Waals surface area contributed by atoms with Crippen molar-refractivity contribution in [1.29, 1.82) is 0 Å². The Balaban J connectivity index is 1.12. The molecule has 54 heavy (non-hydrogen) atoms. The lowest BCUT2D eigenvalue weighted by atomic mass is 10.1. The monoisotopic (exact) mass is 741 g/mol. The minimum Gasteiger partial charge on any atom is -0.493 e. The zero-order valence-corrected chi connectivity index (χ0v) is 31.1. The molecule has 0 saturated carbocycles. The number of benzene rings is 3. The molecule has 4 aromatic rings. The molecule has 0 radical (unpaired) electrons. The van der Waals surface area contributed by atoms with Gasteiger partial charge in [-0.2, -0.15) is 0 Å². The van der Waals surface area contributed by atoms with Crippen molar-refractivity contribution in [2.45, 2.75) is 25.5 Å². The Bertz CT molecular complexity index is 2040. The van der Waals surface area contributed by atoms with E-state index in [0.717, 1.165) is 30.9 Å². The Morgan fingerprint density at radius 2 is 1.61 bits per heavy atom. The van der Waals surface area contributed by atoms with Crippen molar-refractivity contribution in [2.75, 3.05) is 98.5 Å². The average molecular weight is 742 g/mol. The van der Waals surface area contributed by atoms with Crippen LogP contribution in [0.4, 0.5) is 5.69 Å². The molecule has 0 aliphatic carbocycles. The maximum atomic E-state index is 14.2. The van der Waals surface area contributed by atoms with Gasteiger partial charge in [-0.05, 0) is 60.5 Å². The first-order valence-electron chi connectivity index (χ1n) is 18.4. The Hall–Kier alpha value is -5.02. The molecule has 1 atom stereocenters. The van der Waals surface area contributed by atoms with Crippen LogP contribution < -0.4 is 24.7 Å². The van der Waals surface area contributed by atoms with Crippen LogP contribution in [0.1, 0.15) is 32.1 Å². The molecular weight excluding hydrogens is 694 g/mol. The van der Waals surface area contributed by atoms with E-state index >= 15 is 0 Å². The van der Waals surface area contributed by atoms with Crippen LogP contribution in [-0.2, 0) is 33.6 Å². The number of carbonyl (C=O) groups is 2. The standard InChI is InChI=1S/C40H47N5O9/c1-49-26-30-25-43(17-21-54-30)28-6-8-32-34(23-28)41-37(11-5-27-4-10-35(50-2)36(22-27)51-3)44(39(32)47)12-13-45-38(46)31-9-7-29(24-33(31)40(45)48)53-20-16-42-14-18-52-19-15-42/h4,6-10,22-24,30H,5,11-21,25-26H2,1-3H3. The highest BCUT2D eigenvalue weighted by Crippen LogP contribution is 2.29. The van der Waals surface area contributed by atoms with Crippen molar-refractivity contribution in [1.82, 2.24) is 19.4 Å². The van der Waals surface area contributed by atoms with Crippen molar-refractivity contribution in [3.05, 3.63) is 87.5 Å². The quantitative estimate of drug-likeness (QED) is 0.166. The van der Waals surface area contributed by atoms with Crippen LogP contribution in [0.5, 0.6) is 17.2 Å². The highest BCUT2D eigenvalue weighted by atomic mass is 16.5. The van der Waals surface area contributed by atoms with Crippen LogP contribution in [0.2, 0.25) is 0 Å². The molecule has 0 N–H and O–H groups in total. The van der Waals surface area contributed by atoms with Crippen molar-refractivity contribution < 1.29 is 38.0 Å². The summed E-state index contributed by atoms with van der Waals surface area (Å²) in [6, 6.07) is 16.4. The fourth-order valence-electron chi connectivity index (χ4n) is 7.29. The number of aromatic nitrogens is 2.